The van der Waals surface area contributed by atoms with E-state index in [1.54, 1.807) is 7.05 Å². The maximum Gasteiger partial charge on any atom is 0.319 e. The lowest BCUT2D eigenvalue weighted by molar-refractivity contribution is -0.121. The molecule has 0 aliphatic carbocycles. The Labute approximate surface area is 136 Å². The lowest BCUT2D eigenvalue weighted by Crippen LogP contribution is -2.38. The number of hydrogen-bond donors (Lipinski definition) is 3. The lowest BCUT2D eigenvalue weighted by Gasteiger charge is -2.18. The van der Waals surface area contributed by atoms with Crippen LogP contribution in [0.3, 0.4) is 0 Å². The standard InChI is InChI=1S/C17H24N4O2/c1-11(2)12(3)19-17(23)20-14-6-5-13-7-8-21(15(13)9-14)10-16(22)18-4/h5-9,11-12H,10H2,1-4H3,(H,18,22)(H2,19,20,23)/t12-/m1/s1. The van der Waals surface area contributed by atoms with Gasteiger partial charge in [0.2, 0.25) is 5.91 Å². The zero-order valence-corrected chi connectivity index (χ0v) is 14.0. The first-order valence-electron chi connectivity index (χ1n) is 7.77. The van der Waals surface area contributed by atoms with Crippen LogP contribution in [0.25, 0.3) is 10.9 Å². The minimum atomic E-state index is -0.227. The van der Waals surface area contributed by atoms with E-state index in [1.807, 2.05) is 42.0 Å². The molecule has 0 saturated heterocycles. The van der Waals surface area contributed by atoms with Crippen molar-refractivity contribution in [2.75, 3.05) is 12.4 Å². The molecule has 0 unspecified atom stereocenters. The Hall–Kier alpha value is -2.50. The molecule has 1 aromatic carbocycles. The number of amides is 3. The Morgan fingerprint density at radius 2 is 1.91 bits per heavy atom. The summed E-state index contributed by atoms with van der Waals surface area (Å²) in [6.07, 6.45) is 1.87. The predicted molar refractivity (Wildman–Crippen MR) is 92.5 cm³/mol. The zero-order chi connectivity index (χ0) is 17.0. The van der Waals surface area contributed by atoms with Crippen LogP contribution in [-0.4, -0.2) is 29.6 Å². The van der Waals surface area contributed by atoms with E-state index in [0.29, 0.717) is 11.6 Å². The van der Waals surface area contributed by atoms with Crippen molar-refractivity contribution in [1.29, 1.82) is 0 Å². The second kappa shape index (κ2) is 7.17. The Bertz CT molecular complexity index is 706. The van der Waals surface area contributed by atoms with E-state index in [2.05, 4.69) is 29.8 Å². The predicted octanol–water partition coefficient (Wildman–Crippen LogP) is 2.55. The van der Waals surface area contributed by atoms with Gasteiger partial charge < -0.3 is 20.5 Å². The quantitative estimate of drug-likeness (QED) is 0.793. The van der Waals surface area contributed by atoms with Crippen molar-refractivity contribution in [3.05, 3.63) is 30.5 Å². The smallest absolute Gasteiger partial charge is 0.319 e. The highest BCUT2D eigenvalue weighted by Gasteiger charge is 2.11. The fourth-order valence-corrected chi connectivity index (χ4v) is 2.17. The monoisotopic (exact) mass is 316 g/mol. The molecule has 6 nitrogen and oxygen atoms in total. The number of nitrogens with one attached hydrogen (secondary N) is 3. The van der Waals surface area contributed by atoms with Crippen LogP contribution in [0.4, 0.5) is 10.5 Å². The summed E-state index contributed by atoms with van der Waals surface area (Å²) >= 11 is 0. The molecule has 0 saturated carbocycles. The zero-order valence-electron chi connectivity index (χ0n) is 14.0. The molecule has 0 aliphatic rings. The van der Waals surface area contributed by atoms with Gasteiger partial charge in [-0.05, 0) is 36.4 Å². The third-order valence-corrected chi connectivity index (χ3v) is 3.98. The number of hydrogen-bond acceptors (Lipinski definition) is 2. The largest absolute Gasteiger partial charge is 0.358 e. The summed E-state index contributed by atoms with van der Waals surface area (Å²) in [7, 11) is 1.61. The molecule has 0 aliphatic heterocycles. The second-order valence-corrected chi connectivity index (χ2v) is 6.02. The van der Waals surface area contributed by atoms with Crippen LogP contribution in [0.2, 0.25) is 0 Å². The van der Waals surface area contributed by atoms with Crippen molar-refractivity contribution in [2.24, 2.45) is 5.92 Å². The first kappa shape index (κ1) is 16.9. The van der Waals surface area contributed by atoms with Crippen molar-refractivity contribution < 1.29 is 9.59 Å². The first-order valence-corrected chi connectivity index (χ1v) is 7.77. The molecule has 124 valence electrons. The summed E-state index contributed by atoms with van der Waals surface area (Å²) in [6, 6.07) is 7.47. The van der Waals surface area contributed by atoms with Gasteiger partial charge in [0.15, 0.2) is 0 Å². The average Bonchev–Trinajstić information content (AvgIpc) is 2.89. The summed E-state index contributed by atoms with van der Waals surface area (Å²) in [6.45, 7) is 6.34. The van der Waals surface area contributed by atoms with Gasteiger partial charge in [0.05, 0.1) is 5.52 Å². The maximum atomic E-state index is 12.0. The molecule has 23 heavy (non-hydrogen) atoms. The molecule has 0 fully saturated rings. The number of urea groups is 1. The number of carbonyl (C=O) groups excluding carboxylic acids is 2. The molecule has 3 N–H and O–H groups in total. The van der Waals surface area contributed by atoms with E-state index in [-0.39, 0.29) is 24.5 Å². The van der Waals surface area contributed by atoms with Gasteiger partial charge in [0, 0.05) is 25.0 Å². The third kappa shape index (κ3) is 4.25. The minimum Gasteiger partial charge on any atom is -0.358 e. The fraction of sp³-hybridized carbons (Fsp3) is 0.412. The molecule has 6 heteroatoms. The number of rotatable bonds is 5. The fourth-order valence-electron chi connectivity index (χ4n) is 2.17. The minimum absolute atomic E-state index is 0.0654. The van der Waals surface area contributed by atoms with Crippen molar-refractivity contribution in [2.45, 2.75) is 33.4 Å². The Morgan fingerprint density at radius 1 is 1.17 bits per heavy atom. The number of benzene rings is 1. The highest BCUT2D eigenvalue weighted by Crippen LogP contribution is 2.20. The molecule has 1 heterocycles. The Morgan fingerprint density at radius 3 is 2.57 bits per heavy atom. The molecule has 2 aromatic rings. The molecule has 1 aromatic heterocycles. The number of anilines is 1. The van der Waals surface area contributed by atoms with E-state index in [0.717, 1.165) is 10.9 Å². The highest BCUT2D eigenvalue weighted by atomic mass is 16.2. The third-order valence-electron chi connectivity index (χ3n) is 3.98. The van der Waals surface area contributed by atoms with E-state index in [1.165, 1.54) is 0 Å². The number of likely N-dealkylation sites (N-methyl/N-ethyl adjacent to an activating group) is 1. The Balaban J connectivity index is 2.14. The molecular formula is C17H24N4O2. The van der Waals surface area contributed by atoms with Crippen LogP contribution >= 0.6 is 0 Å². The summed E-state index contributed by atoms with van der Waals surface area (Å²) in [5.41, 5.74) is 1.60. The van der Waals surface area contributed by atoms with Gasteiger partial charge in [-0.25, -0.2) is 4.79 Å². The van der Waals surface area contributed by atoms with Crippen LogP contribution in [0, 0.1) is 5.92 Å². The van der Waals surface area contributed by atoms with Crippen molar-refractivity contribution in [3.63, 3.8) is 0 Å². The van der Waals surface area contributed by atoms with Gasteiger partial charge in [-0.2, -0.15) is 0 Å². The highest BCUT2D eigenvalue weighted by molar-refractivity contribution is 5.93. The molecule has 0 spiro atoms. The average molecular weight is 316 g/mol. The summed E-state index contributed by atoms with van der Waals surface area (Å²) in [5.74, 6) is 0.303. The van der Waals surface area contributed by atoms with Crippen molar-refractivity contribution in [3.8, 4) is 0 Å². The maximum absolute atomic E-state index is 12.0. The summed E-state index contributed by atoms with van der Waals surface area (Å²) < 4.78 is 1.86. The summed E-state index contributed by atoms with van der Waals surface area (Å²) in [5, 5.41) is 9.38. The van der Waals surface area contributed by atoms with Crippen LogP contribution in [0.5, 0.6) is 0 Å². The van der Waals surface area contributed by atoms with Crippen molar-refractivity contribution >= 4 is 28.5 Å². The topological polar surface area (TPSA) is 75.2 Å². The van der Waals surface area contributed by atoms with E-state index in [9.17, 15) is 9.59 Å². The van der Waals surface area contributed by atoms with Crippen LogP contribution < -0.4 is 16.0 Å². The van der Waals surface area contributed by atoms with Crippen molar-refractivity contribution in [1.82, 2.24) is 15.2 Å². The van der Waals surface area contributed by atoms with Gasteiger partial charge in [-0.1, -0.05) is 19.9 Å². The number of aromatic nitrogens is 1. The molecule has 1 atom stereocenters. The van der Waals surface area contributed by atoms with Crippen LogP contribution in [0.15, 0.2) is 30.5 Å². The molecule has 2 rings (SSSR count). The number of nitrogens with zero attached hydrogens (tertiary/aromatic N) is 1. The molecule has 0 radical (unpaired) electrons. The number of fused-ring (bicyclic) bond motifs is 1. The van der Waals surface area contributed by atoms with Gasteiger partial charge in [-0.3, -0.25) is 4.79 Å². The van der Waals surface area contributed by atoms with Gasteiger partial charge in [0.1, 0.15) is 6.54 Å². The first-order chi connectivity index (χ1) is 10.9. The van der Waals surface area contributed by atoms with Gasteiger partial charge in [-0.15, -0.1) is 0 Å². The Kier molecular flexibility index (Phi) is 5.26. The second-order valence-electron chi connectivity index (χ2n) is 6.02. The van der Waals surface area contributed by atoms with E-state index < -0.39 is 0 Å². The van der Waals surface area contributed by atoms with Gasteiger partial charge >= 0.3 is 6.03 Å². The summed E-state index contributed by atoms with van der Waals surface area (Å²) in [4.78, 5) is 23.6. The molecule has 0 bridgehead atoms. The van der Waals surface area contributed by atoms with Crippen LogP contribution in [0.1, 0.15) is 20.8 Å². The normalized spacial score (nSPS) is 12.2. The van der Waals surface area contributed by atoms with E-state index in [4.69, 9.17) is 0 Å². The van der Waals surface area contributed by atoms with E-state index >= 15 is 0 Å². The lowest BCUT2D eigenvalue weighted by atomic mass is 10.1. The molecular weight excluding hydrogens is 292 g/mol. The van der Waals surface area contributed by atoms with Gasteiger partial charge in [0.25, 0.3) is 0 Å². The molecule has 3 amide bonds. The number of carbonyl (C=O) groups is 2. The van der Waals surface area contributed by atoms with Crippen LogP contribution in [-0.2, 0) is 11.3 Å². The SMILES string of the molecule is CNC(=O)Cn1ccc2ccc(NC(=O)N[C@H](C)C(C)C)cc21.